The van der Waals surface area contributed by atoms with E-state index in [9.17, 15) is 19.7 Å². The van der Waals surface area contributed by atoms with E-state index in [4.69, 9.17) is 27.9 Å². The summed E-state index contributed by atoms with van der Waals surface area (Å²) in [6.45, 7) is 0. The zero-order valence-corrected chi connectivity index (χ0v) is 20.6. The Labute approximate surface area is 212 Å². The van der Waals surface area contributed by atoms with Crippen LogP contribution in [0.5, 0.6) is 5.75 Å². The van der Waals surface area contributed by atoms with Crippen molar-refractivity contribution >= 4 is 68.4 Å². The molecule has 0 spiro atoms. The minimum absolute atomic E-state index is 0.166. The molecule has 11 heteroatoms. The van der Waals surface area contributed by atoms with E-state index in [0.29, 0.717) is 15.1 Å². The van der Waals surface area contributed by atoms with Crippen molar-refractivity contribution in [2.24, 2.45) is 0 Å². The summed E-state index contributed by atoms with van der Waals surface area (Å²) in [5.74, 6) is -1.05. The number of hydrogen-bond acceptors (Lipinski definition) is 5. The molecule has 0 bridgehead atoms. The molecule has 34 heavy (non-hydrogen) atoms. The number of nitrogens with one attached hydrogen (secondary N) is 2. The number of hydrogen-bond donors (Lipinski definition) is 2. The topological polar surface area (TPSA) is 111 Å². The van der Waals surface area contributed by atoms with Gasteiger partial charge in [-0.1, -0.05) is 51.3 Å². The Bertz CT molecular complexity index is 1310. The Morgan fingerprint density at radius 2 is 1.85 bits per heavy atom. The number of nitro groups is 1. The molecule has 3 rings (SSSR count). The molecule has 0 aliphatic heterocycles. The molecular weight excluding hydrogens is 549 g/mol. The van der Waals surface area contributed by atoms with Crippen LogP contribution in [0.4, 0.5) is 11.4 Å². The van der Waals surface area contributed by atoms with Crippen LogP contribution < -0.4 is 15.4 Å². The van der Waals surface area contributed by atoms with Crippen LogP contribution in [0, 0.1) is 10.1 Å². The Hall–Kier alpha value is -3.40. The van der Waals surface area contributed by atoms with Crippen molar-refractivity contribution in [1.82, 2.24) is 5.32 Å². The van der Waals surface area contributed by atoms with Crippen molar-refractivity contribution in [1.29, 1.82) is 0 Å². The van der Waals surface area contributed by atoms with Crippen molar-refractivity contribution in [3.8, 4) is 5.75 Å². The summed E-state index contributed by atoms with van der Waals surface area (Å²) in [4.78, 5) is 36.7. The predicted molar refractivity (Wildman–Crippen MR) is 134 cm³/mol. The molecule has 0 heterocycles. The van der Waals surface area contributed by atoms with Gasteiger partial charge in [-0.2, -0.15) is 0 Å². The van der Waals surface area contributed by atoms with Gasteiger partial charge in [0.1, 0.15) is 11.4 Å². The number of methoxy groups -OCH3 is 1. The summed E-state index contributed by atoms with van der Waals surface area (Å²) in [6.07, 6.45) is 1.31. The zero-order valence-electron chi connectivity index (χ0n) is 17.5. The number of anilines is 1. The number of carbonyl (C=O) groups excluding carboxylic acids is 2. The number of non-ortho nitro benzene ring substituents is 1. The normalized spacial score (nSPS) is 11.0. The molecule has 0 aromatic heterocycles. The third-order valence-electron chi connectivity index (χ3n) is 4.47. The van der Waals surface area contributed by atoms with Gasteiger partial charge < -0.3 is 15.4 Å². The Kier molecular flexibility index (Phi) is 8.27. The number of carbonyl (C=O) groups is 2. The molecular formula is C23H16BrCl2N3O5. The molecule has 0 aliphatic rings. The molecule has 0 saturated carbocycles. The lowest BCUT2D eigenvalue weighted by Gasteiger charge is -2.14. The number of ether oxygens (including phenoxy) is 1. The van der Waals surface area contributed by atoms with Gasteiger partial charge in [0.15, 0.2) is 0 Å². The number of amides is 2. The molecule has 2 N–H and O–H groups in total. The van der Waals surface area contributed by atoms with Crippen LogP contribution in [0.15, 0.2) is 70.8 Å². The third-order valence-corrected chi connectivity index (χ3v) is 5.51. The molecule has 3 aromatic rings. The van der Waals surface area contributed by atoms with Crippen molar-refractivity contribution in [2.75, 3.05) is 12.4 Å². The Morgan fingerprint density at radius 1 is 1.09 bits per heavy atom. The summed E-state index contributed by atoms with van der Waals surface area (Å²) in [7, 11) is 1.41. The molecule has 0 unspecified atom stereocenters. The molecule has 174 valence electrons. The van der Waals surface area contributed by atoms with E-state index in [1.807, 2.05) is 0 Å². The van der Waals surface area contributed by atoms with Gasteiger partial charge in [0, 0.05) is 21.6 Å². The van der Waals surface area contributed by atoms with Crippen LogP contribution >= 0.6 is 39.1 Å². The summed E-state index contributed by atoms with van der Waals surface area (Å²) >= 11 is 15.4. The minimum Gasteiger partial charge on any atom is -0.496 e. The van der Waals surface area contributed by atoms with E-state index >= 15 is 0 Å². The minimum atomic E-state index is -0.710. The van der Waals surface area contributed by atoms with Gasteiger partial charge in [-0.15, -0.1) is 0 Å². The predicted octanol–water partition coefficient (Wildman–Crippen LogP) is 6.08. The van der Waals surface area contributed by atoms with E-state index in [0.717, 1.165) is 0 Å². The summed E-state index contributed by atoms with van der Waals surface area (Å²) < 4.78 is 5.86. The van der Waals surface area contributed by atoms with E-state index in [1.54, 1.807) is 18.2 Å². The van der Waals surface area contributed by atoms with Gasteiger partial charge in [0.2, 0.25) is 0 Å². The molecule has 8 nitrogen and oxygen atoms in total. The smallest absolute Gasteiger partial charge is 0.272 e. The van der Waals surface area contributed by atoms with E-state index in [1.165, 1.54) is 55.7 Å². The quantitative estimate of drug-likeness (QED) is 0.205. The fourth-order valence-corrected chi connectivity index (χ4v) is 3.70. The van der Waals surface area contributed by atoms with Gasteiger partial charge in [0.05, 0.1) is 28.3 Å². The third kappa shape index (κ3) is 6.34. The van der Waals surface area contributed by atoms with Gasteiger partial charge in [-0.05, 0) is 48.0 Å². The molecule has 0 fully saturated rings. The number of nitro benzene ring substituents is 1. The Morgan fingerprint density at radius 3 is 2.53 bits per heavy atom. The van der Waals surface area contributed by atoms with Crippen LogP contribution in [0.3, 0.4) is 0 Å². The molecule has 2 amide bonds. The standard InChI is InChI=1S/C23H16BrCl2N3O5/c1-34-21-8-5-14(24)11-17(21)22(30)28-20(10-13-3-2-4-16(9-13)29(32)33)23(31)27-19-7-6-15(25)12-18(19)26/h2-12H,1H3,(H,27,31)(H,28,30). The van der Waals surface area contributed by atoms with Crippen LogP contribution in [0.2, 0.25) is 10.0 Å². The highest BCUT2D eigenvalue weighted by molar-refractivity contribution is 9.10. The number of rotatable bonds is 7. The lowest BCUT2D eigenvalue weighted by molar-refractivity contribution is -0.384. The van der Waals surface area contributed by atoms with Crippen LogP contribution in [0.1, 0.15) is 15.9 Å². The molecule has 0 radical (unpaired) electrons. The Balaban J connectivity index is 2.00. The van der Waals surface area contributed by atoms with E-state index in [-0.39, 0.29) is 33.4 Å². The summed E-state index contributed by atoms with van der Waals surface area (Å²) in [5, 5.41) is 16.9. The second-order valence-electron chi connectivity index (χ2n) is 6.79. The van der Waals surface area contributed by atoms with Crippen LogP contribution in [-0.4, -0.2) is 23.8 Å². The first kappa shape index (κ1) is 25.2. The number of halogens is 3. The number of benzene rings is 3. The number of nitrogens with zero attached hydrogens (tertiary/aromatic N) is 1. The maximum atomic E-state index is 13.1. The first-order valence-electron chi connectivity index (χ1n) is 9.55. The van der Waals surface area contributed by atoms with Gasteiger partial charge in [0.25, 0.3) is 17.5 Å². The first-order chi connectivity index (χ1) is 16.2. The SMILES string of the molecule is COc1ccc(Br)cc1C(=O)NC(=Cc1cccc([N+](=O)[O-])c1)C(=O)Nc1ccc(Cl)cc1Cl. The van der Waals surface area contributed by atoms with Crippen molar-refractivity contribution < 1.29 is 19.2 Å². The summed E-state index contributed by atoms with van der Waals surface area (Å²) in [6, 6.07) is 14.9. The van der Waals surface area contributed by atoms with E-state index < -0.39 is 16.7 Å². The van der Waals surface area contributed by atoms with E-state index in [2.05, 4.69) is 26.6 Å². The van der Waals surface area contributed by atoms with Gasteiger partial charge in [-0.25, -0.2) is 0 Å². The lowest BCUT2D eigenvalue weighted by atomic mass is 10.1. The van der Waals surface area contributed by atoms with Crippen LogP contribution in [-0.2, 0) is 4.79 Å². The lowest BCUT2D eigenvalue weighted by Crippen LogP contribution is -2.31. The first-order valence-corrected chi connectivity index (χ1v) is 11.1. The molecule has 0 aliphatic carbocycles. The fraction of sp³-hybridized carbons (Fsp3) is 0.0435. The van der Waals surface area contributed by atoms with Gasteiger partial charge >= 0.3 is 0 Å². The van der Waals surface area contributed by atoms with Crippen molar-refractivity contribution in [3.05, 3.63) is 102 Å². The second-order valence-corrected chi connectivity index (χ2v) is 8.55. The monoisotopic (exact) mass is 563 g/mol. The van der Waals surface area contributed by atoms with Gasteiger partial charge in [-0.3, -0.25) is 19.7 Å². The highest BCUT2D eigenvalue weighted by Crippen LogP contribution is 2.27. The second kappa shape index (κ2) is 11.1. The molecule has 0 atom stereocenters. The van der Waals surface area contributed by atoms with Crippen molar-refractivity contribution in [3.63, 3.8) is 0 Å². The zero-order chi connectivity index (χ0) is 24.8. The highest BCUT2D eigenvalue weighted by Gasteiger charge is 2.19. The summed E-state index contributed by atoms with van der Waals surface area (Å²) in [5.41, 5.74) is 0.394. The highest BCUT2D eigenvalue weighted by atomic mass is 79.9. The average Bonchev–Trinajstić information content (AvgIpc) is 2.80. The maximum absolute atomic E-state index is 13.1. The fourth-order valence-electron chi connectivity index (χ4n) is 2.88. The largest absolute Gasteiger partial charge is 0.496 e. The van der Waals surface area contributed by atoms with Crippen LogP contribution in [0.25, 0.3) is 6.08 Å². The average molecular weight is 565 g/mol. The maximum Gasteiger partial charge on any atom is 0.272 e. The van der Waals surface area contributed by atoms with Crippen molar-refractivity contribution in [2.45, 2.75) is 0 Å². The molecule has 0 saturated heterocycles. The molecule has 3 aromatic carbocycles.